The molecule has 0 fully saturated rings. The molecule has 4 rings (SSSR count). The molecule has 2 aromatic carbocycles. The number of hydrogen-bond donors (Lipinski definition) is 4. The van der Waals surface area contributed by atoms with Gasteiger partial charge in [0.15, 0.2) is 5.82 Å². The van der Waals surface area contributed by atoms with E-state index < -0.39 is 5.91 Å². The van der Waals surface area contributed by atoms with Gasteiger partial charge in [0.1, 0.15) is 23.6 Å². The van der Waals surface area contributed by atoms with Crippen molar-refractivity contribution in [3.63, 3.8) is 0 Å². The van der Waals surface area contributed by atoms with E-state index in [2.05, 4.69) is 21.7 Å². The topological polar surface area (TPSA) is 154 Å². The first-order valence-corrected chi connectivity index (χ1v) is 11.2. The molecule has 0 saturated carbocycles. The van der Waals surface area contributed by atoms with Crippen molar-refractivity contribution >= 4 is 34.9 Å². The number of amides is 2. The summed E-state index contributed by atoms with van der Waals surface area (Å²) < 4.78 is 4.97. The lowest BCUT2D eigenvalue weighted by atomic mass is 9.97. The molecular weight excluding hydrogens is 482 g/mol. The van der Waals surface area contributed by atoms with Crippen LogP contribution in [0.5, 0.6) is 5.75 Å². The Balaban J connectivity index is 1.86. The zero-order valence-corrected chi connectivity index (χ0v) is 19.5. The predicted molar refractivity (Wildman–Crippen MR) is 135 cm³/mol. The maximum absolute atomic E-state index is 12.7. The Morgan fingerprint density at radius 3 is 2.64 bits per heavy atom. The second kappa shape index (κ2) is 10.7. The van der Waals surface area contributed by atoms with Crippen LogP contribution in [-0.4, -0.2) is 28.4 Å². The summed E-state index contributed by atoms with van der Waals surface area (Å²) in [6.07, 6.45) is 2.78. The number of nitriles is 1. The van der Waals surface area contributed by atoms with Crippen LogP contribution in [0.2, 0.25) is 5.02 Å². The fourth-order valence-electron chi connectivity index (χ4n) is 3.53. The van der Waals surface area contributed by atoms with Crippen molar-refractivity contribution < 1.29 is 19.1 Å². The van der Waals surface area contributed by atoms with Crippen molar-refractivity contribution in [2.45, 2.75) is 6.42 Å². The number of nitrogens with zero attached hydrogens (tertiary/aromatic N) is 2. The Bertz CT molecular complexity index is 1480. The van der Waals surface area contributed by atoms with Gasteiger partial charge in [-0.05, 0) is 48.0 Å². The van der Waals surface area contributed by atoms with Crippen LogP contribution >= 0.6 is 11.6 Å². The molecule has 0 aliphatic heterocycles. The molecule has 2 amide bonds. The SMILES string of the molecule is N#Cc1c(-c2cccc(NC(=O)CCN)c2)cc(-c2ccc(Cl)cc2O)nc1NC(=O)c1ccoc1. The van der Waals surface area contributed by atoms with Gasteiger partial charge in [-0.3, -0.25) is 9.59 Å². The number of hydrogen-bond acceptors (Lipinski definition) is 7. The fourth-order valence-corrected chi connectivity index (χ4v) is 3.69. The van der Waals surface area contributed by atoms with Crippen molar-refractivity contribution in [3.05, 3.63) is 83.3 Å². The summed E-state index contributed by atoms with van der Waals surface area (Å²) in [5, 5.41) is 26.3. The molecule has 5 N–H and O–H groups in total. The Kier molecular flexibility index (Phi) is 7.30. The maximum Gasteiger partial charge on any atom is 0.260 e. The summed E-state index contributed by atoms with van der Waals surface area (Å²) in [4.78, 5) is 29.2. The van der Waals surface area contributed by atoms with Crippen molar-refractivity contribution in [1.29, 1.82) is 5.26 Å². The molecule has 9 nitrogen and oxygen atoms in total. The van der Waals surface area contributed by atoms with Crippen LogP contribution in [0.15, 0.2) is 71.5 Å². The summed E-state index contributed by atoms with van der Waals surface area (Å²) in [5.41, 5.74) is 7.93. The fraction of sp³-hybridized carbons (Fsp3) is 0.0769. The number of phenols is 1. The Morgan fingerprint density at radius 2 is 1.94 bits per heavy atom. The van der Waals surface area contributed by atoms with E-state index in [9.17, 15) is 20.0 Å². The van der Waals surface area contributed by atoms with Crippen molar-refractivity contribution in [2.24, 2.45) is 5.73 Å². The lowest BCUT2D eigenvalue weighted by Gasteiger charge is -2.15. The van der Waals surface area contributed by atoms with E-state index in [1.807, 2.05) is 0 Å². The lowest BCUT2D eigenvalue weighted by molar-refractivity contribution is -0.116. The summed E-state index contributed by atoms with van der Waals surface area (Å²) in [5.74, 6) is -0.910. The predicted octanol–water partition coefficient (Wildman–Crippen LogP) is 4.78. The van der Waals surface area contributed by atoms with Gasteiger partial charge in [-0.15, -0.1) is 0 Å². The number of nitrogens with one attached hydrogen (secondary N) is 2. The van der Waals surface area contributed by atoms with Crippen LogP contribution in [0, 0.1) is 11.3 Å². The molecule has 0 spiro atoms. The molecule has 36 heavy (non-hydrogen) atoms. The Labute approximate surface area is 211 Å². The van der Waals surface area contributed by atoms with Crippen LogP contribution in [0.3, 0.4) is 0 Å². The smallest absolute Gasteiger partial charge is 0.260 e. The minimum Gasteiger partial charge on any atom is -0.507 e. The van der Waals surface area contributed by atoms with E-state index in [1.54, 1.807) is 42.5 Å². The number of nitrogens with two attached hydrogens (primary N) is 1. The van der Waals surface area contributed by atoms with Crippen LogP contribution in [0.25, 0.3) is 22.4 Å². The molecule has 0 radical (unpaired) electrons. The number of pyridine rings is 1. The molecule has 4 aromatic rings. The van der Waals surface area contributed by atoms with E-state index >= 15 is 0 Å². The minimum atomic E-state index is -0.529. The first-order valence-electron chi connectivity index (χ1n) is 10.8. The molecule has 0 unspecified atom stereocenters. The average molecular weight is 502 g/mol. The third-order valence-electron chi connectivity index (χ3n) is 5.21. The molecule has 0 aliphatic carbocycles. The molecule has 0 saturated heterocycles. The third kappa shape index (κ3) is 5.36. The number of aromatic hydroxyl groups is 1. The highest BCUT2D eigenvalue weighted by molar-refractivity contribution is 6.30. The number of carbonyl (C=O) groups is 2. The van der Waals surface area contributed by atoms with Gasteiger partial charge in [-0.2, -0.15) is 5.26 Å². The molecule has 2 heterocycles. The molecule has 180 valence electrons. The van der Waals surface area contributed by atoms with E-state index in [0.717, 1.165) is 0 Å². The molecule has 0 aliphatic rings. The first-order chi connectivity index (χ1) is 17.4. The van der Waals surface area contributed by atoms with E-state index in [0.29, 0.717) is 33.1 Å². The van der Waals surface area contributed by atoms with E-state index in [1.165, 1.54) is 24.7 Å². The summed E-state index contributed by atoms with van der Waals surface area (Å²) in [6.45, 7) is 0.210. The van der Waals surface area contributed by atoms with Gasteiger partial charge in [0.05, 0.1) is 17.5 Å². The number of phenolic OH excluding ortho intramolecular Hbond substituents is 1. The second-order valence-electron chi connectivity index (χ2n) is 7.69. The molecule has 0 atom stereocenters. The highest BCUT2D eigenvalue weighted by Crippen LogP contribution is 2.37. The second-order valence-corrected chi connectivity index (χ2v) is 8.12. The first kappa shape index (κ1) is 24.5. The van der Waals surface area contributed by atoms with Gasteiger partial charge >= 0.3 is 0 Å². The minimum absolute atomic E-state index is 0.0110. The van der Waals surface area contributed by atoms with E-state index in [4.69, 9.17) is 21.8 Å². The van der Waals surface area contributed by atoms with Crippen LogP contribution in [0.1, 0.15) is 22.3 Å². The Morgan fingerprint density at radius 1 is 1.11 bits per heavy atom. The van der Waals surface area contributed by atoms with Crippen LogP contribution < -0.4 is 16.4 Å². The van der Waals surface area contributed by atoms with E-state index in [-0.39, 0.29) is 41.6 Å². The zero-order valence-electron chi connectivity index (χ0n) is 18.8. The number of rotatable bonds is 7. The van der Waals surface area contributed by atoms with Crippen LogP contribution in [-0.2, 0) is 4.79 Å². The number of benzene rings is 2. The van der Waals surface area contributed by atoms with Crippen molar-refractivity contribution in [1.82, 2.24) is 4.98 Å². The number of aromatic nitrogens is 1. The van der Waals surface area contributed by atoms with Crippen LogP contribution in [0.4, 0.5) is 11.5 Å². The van der Waals surface area contributed by atoms with Gasteiger partial charge < -0.3 is 25.9 Å². The standard InChI is InChI=1S/C26H20ClN5O4/c27-17-4-5-19(23(33)11-17)22-12-20(15-2-1-3-18(10-15)30-24(34)6-8-28)21(13-29)25(31-22)32-26(35)16-7-9-36-14-16/h1-5,7,9-12,14,33H,6,8,28H2,(H,30,34)(H,31,32,35). The number of anilines is 2. The van der Waals surface area contributed by atoms with Crippen molar-refractivity contribution in [2.75, 3.05) is 17.2 Å². The number of furan rings is 1. The summed E-state index contributed by atoms with van der Waals surface area (Å²) in [7, 11) is 0. The van der Waals surface area contributed by atoms with Gasteiger partial charge in [-0.1, -0.05) is 23.7 Å². The van der Waals surface area contributed by atoms with Gasteiger partial charge in [0.25, 0.3) is 5.91 Å². The molecule has 10 heteroatoms. The normalized spacial score (nSPS) is 10.5. The quantitative estimate of drug-likeness (QED) is 0.284. The number of carbonyl (C=O) groups excluding carboxylic acids is 2. The van der Waals surface area contributed by atoms with Gasteiger partial charge in [0, 0.05) is 34.8 Å². The van der Waals surface area contributed by atoms with Gasteiger partial charge in [-0.25, -0.2) is 4.98 Å². The molecule has 0 bridgehead atoms. The number of halogens is 1. The lowest BCUT2D eigenvalue weighted by Crippen LogP contribution is -2.16. The average Bonchev–Trinajstić information content (AvgIpc) is 3.39. The highest BCUT2D eigenvalue weighted by atomic mass is 35.5. The molecular formula is C26H20ClN5O4. The van der Waals surface area contributed by atoms with Gasteiger partial charge in [0.2, 0.25) is 5.91 Å². The zero-order chi connectivity index (χ0) is 25.7. The monoisotopic (exact) mass is 501 g/mol. The molecule has 2 aromatic heterocycles. The Hall–Kier alpha value is -4.65. The largest absolute Gasteiger partial charge is 0.507 e. The van der Waals surface area contributed by atoms with Crippen molar-refractivity contribution in [3.8, 4) is 34.2 Å². The summed E-state index contributed by atoms with van der Waals surface area (Å²) in [6, 6.07) is 16.6. The highest BCUT2D eigenvalue weighted by Gasteiger charge is 2.20. The third-order valence-corrected chi connectivity index (χ3v) is 5.45. The summed E-state index contributed by atoms with van der Waals surface area (Å²) >= 11 is 5.99. The maximum atomic E-state index is 12.7.